The van der Waals surface area contributed by atoms with Crippen LogP contribution in [0.2, 0.25) is 5.02 Å². The summed E-state index contributed by atoms with van der Waals surface area (Å²) in [7, 11) is 0. The van der Waals surface area contributed by atoms with Gasteiger partial charge in [-0.15, -0.1) is 5.10 Å². The van der Waals surface area contributed by atoms with Crippen molar-refractivity contribution >= 4 is 17.6 Å². The van der Waals surface area contributed by atoms with Crippen molar-refractivity contribution in [1.29, 1.82) is 0 Å². The predicted octanol–water partition coefficient (Wildman–Crippen LogP) is 4.11. The van der Waals surface area contributed by atoms with Crippen LogP contribution in [0.25, 0.3) is 5.69 Å². The van der Waals surface area contributed by atoms with Crippen LogP contribution in [0, 0.1) is 0 Å². The maximum Gasteiger partial charge on any atom is 0.347 e. The molecule has 0 aliphatic rings. The number of hydrogen-bond acceptors (Lipinski definition) is 6. The highest BCUT2D eigenvalue weighted by Gasteiger charge is 2.15. The van der Waals surface area contributed by atoms with Crippen molar-refractivity contribution in [2.24, 2.45) is 0 Å². The van der Waals surface area contributed by atoms with Crippen LogP contribution >= 0.6 is 11.6 Å². The van der Waals surface area contributed by atoms with E-state index in [1.54, 1.807) is 60.7 Å². The molecule has 0 unspecified atom stereocenters. The predicted molar refractivity (Wildman–Crippen MR) is 106 cm³/mol. The Morgan fingerprint density at radius 1 is 0.966 bits per heavy atom. The van der Waals surface area contributed by atoms with Crippen LogP contribution in [0.15, 0.2) is 79.1 Å². The molecule has 0 N–H and O–H groups in total. The van der Waals surface area contributed by atoms with Crippen LogP contribution in [-0.2, 0) is 6.61 Å². The van der Waals surface area contributed by atoms with Gasteiger partial charge in [-0.25, -0.2) is 9.48 Å². The van der Waals surface area contributed by atoms with E-state index >= 15 is 0 Å². The molecule has 4 rings (SSSR count). The molecule has 3 aromatic carbocycles. The standard InChI is InChI=1S/C21H15ClN4O3/c22-16-7-5-15(6-8-16)13-28-20-4-2-1-3-19(20)21(27)29-18-11-9-17(10-12-18)26-14-23-24-25-26/h1-12,14H,13H2. The summed E-state index contributed by atoms with van der Waals surface area (Å²) >= 11 is 5.90. The highest BCUT2D eigenvalue weighted by molar-refractivity contribution is 6.30. The Bertz CT molecular complexity index is 1100. The summed E-state index contributed by atoms with van der Waals surface area (Å²) in [6, 6.07) is 21.1. The third-order valence-electron chi connectivity index (χ3n) is 4.08. The van der Waals surface area contributed by atoms with Crippen LogP contribution < -0.4 is 9.47 Å². The lowest BCUT2D eigenvalue weighted by Crippen LogP contribution is -2.11. The first kappa shape index (κ1) is 18.6. The molecule has 8 heteroatoms. The molecule has 0 saturated heterocycles. The molecule has 0 fully saturated rings. The van der Waals surface area contributed by atoms with Gasteiger partial charge in [-0.3, -0.25) is 0 Å². The largest absolute Gasteiger partial charge is 0.488 e. The second-order valence-electron chi connectivity index (χ2n) is 6.05. The van der Waals surface area contributed by atoms with Crippen molar-refractivity contribution in [2.45, 2.75) is 6.61 Å². The third kappa shape index (κ3) is 4.59. The monoisotopic (exact) mass is 406 g/mol. The van der Waals surface area contributed by atoms with E-state index in [0.717, 1.165) is 11.3 Å². The highest BCUT2D eigenvalue weighted by atomic mass is 35.5. The second-order valence-corrected chi connectivity index (χ2v) is 6.49. The maximum atomic E-state index is 12.6. The molecule has 0 aliphatic carbocycles. The minimum Gasteiger partial charge on any atom is -0.488 e. The fourth-order valence-corrected chi connectivity index (χ4v) is 2.74. The fourth-order valence-electron chi connectivity index (χ4n) is 2.61. The first-order valence-electron chi connectivity index (χ1n) is 8.71. The van der Waals surface area contributed by atoms with E-state index in [0.29, 0.717) is 28.7 Å². The summed E-state index contributed by atoms with van der Waals surface area (Å²) in [4.78, 5) is 12.6. The molecule has 29 heavy (non-hydrogen) atoms. The van der Waals surface area contributed by atoms with Crippen molar-refractivity contribution in [3.05, 3.63) is 95.3 Å². The molecule has 0 amide bonds. The average molecular weight is 407 g/mol. The minimum atomic E-state index is -0.508. The number of halogens is 1. The van der Waals surface area contributed by atoms with Gasteiger partial charge in [0, 0.05) is 5.02 Å². The molecule has 4 aromatic rings. The Morgan fingerprint density at radius 2 is 1.72 bits per heavy atom. The lowest BCUT2D eigenvalue weighted by Gasteiger charge is -2.11. The zero-order valence-electron chi connectivity index (χ0n) is 15.1. The van der Waals surface area contributed by atoms with Gasteiger partial charge in [-0.05, 0) is 64.5 Å². The number of nitrogens with zero attached hydrogens (tertiary/aromatic N) is 4. The number of para-hydroxylation sites is 1. The van der Waals surface area contributed by atoms with Gasteiger partial charge in [0.05, 0.1) is 5.69 Å². The number of hydrogen-bond donors (Lipinski definition) is 0. The Balaban J connectivity index is 1.45. The van der Waals surface area contributed by atoms with Crippen molar-refractivity contribution in [3.8, 4) is 17.2 Å². The molecule has 0 saturated carbocycles. The van der Waals surface area contributed by atoms with E-state index in [9.17, 15) is 4.79 Å². The minimum absolute atomic E-state index is 0.308. The van der Waals surface area contributed by atoms with Gasteiger partial charge in [0.2, 0.25) is 0 Å². The van der Waals surface area contributed by atoms with Gasteiger partial charge in [0.15, 0.2) is 0 Å². The smallest absolute Gasteiger partial charge is 0.347 e. The van der Waals surface area contributed by atoms with Gasteiger partial charge in [0.1, 0.15) is 30.0 Å². The molecule has 0 spiro atoms. The summed E-state index contributed by atoms with van der Waals surface area (Å²) in [6.45, 7) is 0.308. The zero-order chi connectivity index (χ0) is 20.1. The Hall–Kier alpha value is -3.71. The lowest BCUT2D eigenvalue weighted by molar-refractivity contribution is 0.0729. The summed E-state index contributed by atoms with van der Waals surface area (Å²) in [5.74, 6) is 0.337. The summed E-state index contributed by atoms with van der Waals surface area (Å²) in [5.41, 5.74) is 2.03. The van der Waals surface area contributed by atoms with Crippen molar-refractivity contribution in [3.63, 3.8) is 0 Å². The molecule has 1 aromatic heterocycles. The number of esters is 1. The summed E-state index contributed by atoms with van der Waals surface area (Å²) < 4.78 is 12.8. The molecule has 7 nitrogen and oxygen atoms in total. The van der Waals surface area contributed by atoms with Crippen LogP contribution in [-0.4, -0.2) is 26.2 Å². The van der Waals surface area contributed by atoms with Gasteiger partial charge >= 0.3 is 5.97 Å². The van der Waals surface area contributed by atoms with Crippen molar-refractivity contribution in [1.82, 2.24) is 20.2 Å². The number of tetrazole rings is 1. The normalized spacial score (nSPS) is 10.5. The molecule has 144 valence electrons. The Labute approximate surface area is 171 Å². The van der Waals surface area contributed by atoms with E-state index in [2.05, 4.69) is 15.5 Å². The Morgan fingerprint density at radius 3 is 2.45 bits per heavy atom. The number of carbonyl (C=O) groups excluding carboxylic acids is 1. The highest BCUT2D eigenvalue weighted by Crippen LogP contribution is 2.23. The van der Waals surface area contributed by atoms with Gasteiger partial charge in [0.25, 0.3) is 0 Å². The topological polar surface area (TPSA) is 79.1 Å². The molecule has 0 atom stereocenters. The van der Waals surface area contributed by atoms with E-state index < -0.39 is 5.97 Å². The average Bonchev–Trinajstić information content (AvgIpc) is 3.29. The van der Waals surface area contributed by atoms with E-state index in [4.69, 9.17) is 21.1 Å². The number of benzene rings is 3. The number of ether oxygens (including phenoxy) is 2. The van der Waals surface area contributed by atoms with Crippen LogP contribution in [0.1, 0.15) is 15.9 Å². The van der Waals surface area contributed by atoms with Gasteiger partial charge in [-0.2, -0.15) is 0 Å². The van der Waals surface area contributed by atoms with Gasteiger partial charge in [-0.1, -0.05) is 35.9 Å². The van der Waals surface area contributed by atoms with E-state index in [1.807, 2.05) is 12.1 Å². The maximum absolute atomic E-state index is 12.6. The van der Waals surface area contributed by atoms with Gasteiger partial charge < -0.3 is 9.47 Å². The molecular weight excluding hydrogens is 392 g/mol. The quantitative estimate of drug-likeness (QED) is 0.354. The number of carbonyl (C=O) groups is 1. The van der Waals surface area contributed by atoms with E-state index in [-0.39, 0.29) is 0 Å². The molecule has 0 bridgehead atoms. The lowest BCUT2D eigenvalue weighted by atomic mass is 10.2. The number of rotatable bonds is 6. The van der Waals surface area contributed by atoms with Crippen molar-refractivity contribution in [2.75, 3.05) is 0 Å². The summed E-state index contributed by atoms with van der Waals surface area (Å²) in [6.07, 6.45) is 1.48. The van der Waals surface area contributed by atoms with Crippen LogP contribution in [0.3, 0.4) is 0 Å². The SMILES string of the molecule is O=C(Oc1ccc(-n2cnnn2)cc1)c1ccccc1OCc1ccc(Cl)cc1. The first-order chi connectivity index (χ1) is 14.2. The molecule has 0 aliphatic heterocycles. The van der Waals surface area contributed by atoms with Crippen molar-refractivity contribution < 1.29 is 14.3 Å². The zero-order valence-corrected chi connectivity index (χ0v) is 15.9. The molecular formula is C21H15ClN4O3. The van der Waals surface area contributed by atoms with E-state index in [1.165, 1.54) is 11.0 Å². The van der Waals surface area contributed by atoms with Crippen LogP contribution in [0.5, 0.6) is 11.5 Å². The third-order valence-corrected chi connectivity index (χ3v) is 4.33. The Kier molecular flexibility index (Phi) is 5.49. The van der Waals surface area contributed by atoms with Crippen LogP contribution in [0.4, 0.5) is 0 Å². The fraction of sp³-hybridized carbons (Fsp3) is 0.0476. The molecule has 1 heterocycles. The summed E-state index contributed by atoms with van der Waals surface area (Å²) in [5, 5.41) is 11.6. The molecule has 0 radical (unpaired) electrons. The number of aromatic nitrogens is 4. The second kappa shape index (κ2) is 8.53. The first-order valence-corrected chi connectivity index (χ1v) is 9.09.